The molecule has 104 valence electrons. The topological polar surface area (TPSA) is 64.3 Å². The van der Waals surface area contributed by atoms with Gasteiger partial charge in [0.25, 0.3) is 5.91 Å². The molecule has 1 amide bonds. The van der Waals surface area contributed by atoms with Gasteiger partial charge in [-0.2, -0.15) is 0 Å². The standard InChI is InChI=1S/C14H12ClFN2O2/c15-11-5-2-6-12(13(11)16)20-8-9-3-1-4-10(7-9)14(19)18-17/h1-7H,8,17H2,(H,18,19). The molecule has 20 heavy (non-hydrogen) atoms. The fourth-order valence-corrected chi connectivity index (χ4v) is 1.81. The quantitative estimate of drug-likeness (QED) is 0.518. The number of carbonyl (C=O) groups is 1. The van der Waals surface area contributed by atoms with Crippen LogP contribution in [0.15, 0.2) is 42.5 Å². The number of hydrazine groups is 1. The summed E-state index contributed by atoms with van der Waals surface area (Å²) in [6.45, 7) is 0.114. The third kappa shape index (κ3) is 3.26. The molecule has 0 aliphatic heterocycles. The van der Waals surface area contributed by atoms with Crippen LogP contribution < -0.4 is 16.0 Å². The van der Waals surface area contributed by atoms with Gasteiger partial charge >= 0.3 is 0 Å². The van der Waals surface area contributed by atoms with Crippen LogP contribution in [0.3, 0.4) is 0 Å². The summed E-state index contributed by atoms with van der Waals surface area (Å²) in [6.07, 6.45) is 0. The van der Waals surface area contributed by atoms with Crippen LogP contribution in [0.2, 0.25) is 5.02 Å². The lowest BCUT2D eigenvalue weighted by molar-refractivity contribution is 0.0953. The molecule has 0 spiro atoms. The van der Waals surface area contributed by atoms with Gasteiger partial charge in [-0.05, 0) is 29.8 Å². The van der Waals surface area contributed by atoms with Crippen molar-refractivity contribution >= 4 is 17.5 Å². The molecule has 0 aromatic heterocycles. The molecule has 0 unspecified atom stereocenters. The van der Waals surface area contributed by atoms with Crippen LogP contribution in [0.1, 0.15) is 15.9 Å². The highest BCUT2D eigenvalue weighted by Crippen LogP contribution is 2.24. The maximum absolute atomic E-state index is 13.6. The number of nitrogen functional groups attached to an aromatic ring is 1. The number of rotatable bonds is 4. The van der Waals surface area contributed by atoms with E-state index < -0.39 is 11.7 Å². The molecule has 6 heteroatoms. The third-order valence-corrected chi connectivity index (χ3v) is 2.92. The average Bonchev–Trinajstić information content (AvgIpc) is 2.48. The second-order valence-electron chi connectivity index (χ2n) is 4.01. The van der Waals surface area contributed by atoms with Gasteiger partial charge in [0.05, 0.1) is 5.02 Å². The van der Waals surface area contributed by atoms with Crippen LogP contribution in [0.5, 0.6) is 5.75 Å². The fraction of sp³-hybridized carbons (Fsp3) is 0.0714. The van der Waals surface area contributed by atoms with E-state index in [1.807, 2.05) is 5.43 Å². The number of hydrogen-bond acceptors (Lipinski definition) is 3. The van der Waals surface area contributed by atoms with Crippen molar-refractivity contribution in [2.45, 2.75) is 6.61 Å². The minimum atomic E-state index is -0.606. The van der Waals surface area contributed by atoms with E-state index >= 15 is 0 Å². The van der Waals surface area contributed by atoms with Crippen molar-refractivity contribution in [3.05, 3.63) is 64.4 Å². The third-order valence-electron chi connectivity index (χ3n) is 2.63. The molecule has 0 saturated heterocycles. The van der Waals surface area contributed by atoms with Gasteiger partial charge < -0.3 is 4.74 Å². The van der Waals surface area contributed by atoms with Crippen molar-refractivity contribution in [1.82, 2.24) is 5.43 Å². The fourth-order valence-electron chi connectivity index (χ4n) is 1.64. The normalized spacial score (nSPS) is 10.2. The summed E-state index contributed by atoms with van der Waals surface area (Å²) < 4.78 is 19.0. The zero-order chi connectivity index (χ0) is 14.5. The second kappa shape index (κ2) is 6.36. The molecular weight excluding hydrogens is 283 g/mol. The number of amides is 1. The van der Waals surface area contributed by atoms with Gasteiger partial charge in [-0.25, -0.2) is 10.2 Å². The molecule has 2 aromatic rings. The maximum atomic E-state index is 13.6. The Labute approximate surface area is 120 Å². The van der Waals surface area contributed by atoms with Crippen molar-refractivity contribution in [2.75, 3.05) is 0 Å². The first-order chi connectivity index (χ1) is 9.61. The van der Waals surface area contributed by atoms with Gasteiger partial charge in [-0.3, -0.25) is 10.2 Å². The average molecular weight is 295 g/mol. The molecule has 2 aromatic carbocycles. The van der Waals surface area contributed by atoms with Gasteiger partial charge in [0.15, 0.2) is 11.6 Å². The Morgan fingerprint density at radius 2 is 2.05 bits per heavy atom. The monoisotopic (exact) mass is 294 g/mol. The number of hydrogen-bond donors (Lipinski definition) is 2. The first-order valence-corrected chi connectivity index (χ1v) is 6.16. The molecular formula is C14H12ClFN2O2. The Morgan fingerprint density at radius 3 is 2.80 bits per heavy atom. The highest BCUT2D eigenvalue weighted by atomic mass is 35.5. The summed E-state index contributed by atoms with van der Waals surface area (Å²) in [5.74, 6) is 4.11. The second-order valence-corrected chi connectivity index (χ2v) is 4.42. The highest BCUT2D eigenvalue weighted by molar-refractivity contribution is 6.30. The number of halogens is 2. The summed E-state index contributed by atoms with van der Waals surface area (Å²) >= 11 is 5.66. The van der Waals surface area contributed by atoms with Crippen molar-refractivity contribution in [3.8, 4) is 5.75 Å². The van der Waals surface area contributed by atoms with E-state index in [-0.39, 0.29) is 17.4 Å². The van der Waals surface area contributed by atoms with Crippen molar-refractivity contribution in [2.24, 2.45) is 5.84 Å². The number of nitrogens with two attached hydrogens (primary N) is 1. The first kappa shape index (κ1) is 14.3. The molecule has 0 fully saturated rings. The maximum Gasteiger partial charge on any atom is 0.265 e. The van der Waals surface area contributed by atoms with Crippen molar-refractivity contribution in [1.29, 1.82) is 0 Å². The molecule has 0 bridgehead atoms. The van der Waals surface area contributed by atoms with E-state index in [9.17, 15) is 9.18 Å². The predicted octanol–water partition coefficient (Wildman–Crippen LogP) is 2.66. The number of nitrogens with one attached hydrogen (secondary N) is 1. The molecule has 0 atom stereocenters. The Morgan fingerprint density at radius 1 is 1.30 bits per heavy atom. The minimum absolute atomic E-state index is 0.00115. The van der Waals surface area contributed by atoms with Crippen LogP contribution in [0, 0.1) is 5.82 Å². The Bertz CT molecular complexity index is 634. The SMILES string of the molecule is NNC(=O)c1cccc(COc2cccc(Cl)c2F)c1. The lowest BCUT2D eigenvalue weighted by atomic mass is 10.1. The summed E-state index contributed by atoms with van der Waals surface area (Å²) in [6, 6.07) is 11.2. The summed E-state index contributed by atoms with van der Waals surface area (Å²) in [4.78, 5) is 11.4. The molecule has 0 heterocycles. The van der Waals surface area contributed by atoms with Gasteiger partial charge in [0, 0.05) is 5.56 Å². The van der Waals surface area contributed by atoms with Crippen LogP contribution in [-0.2, 0) is 6.61 Å². The van der Waals surface area contributed by atoms with E-state index in [1.54, 1.807) is 30.3 Å². The lowest BCUT2D eigenvalue weighted by Crippen LogP contribution is -2.30. The molecule has 2 rings (SSSR count). The van der Waals surface area contributed by atoms with Gasteiger partial charge in [0.2, 0.25) is 0 Å². The number of ether oxygens (including phenoxy) is 1. The van der Waals surface area contributed by atoms with E-state index in [2.05, 4.69) is 0 Å². The lowest BCUT2D eigenvalue weighted by Gasteiger charge is -2.09. The number of benzene rings is 2. The Balaban J connectivity index is 2.11. The van der Waals surface area contributed by atoms with Crippen molar-refractivity contribution < 1.29 is 13.9 Å². The number of carbonyl (C=O) groups excluding carboxylic acids is 1. The summed E-state index contributed by atoms with van der Waals surface area (Å²) in [5, 5.41) is -0.00115. The smallest absolute Gasteiger partial charge is 0.265 e. The Hall–Kier alpha value is -2.11. The molecule has 0 radical (unpaired) electrons. The summed E-state index contributed by atoms with van der Waals surface area (Å²) in [5.41, 5.74) is 3.16. The first-order valence-electron chi connectivity index (χ1n) is 5.78. The van der Waals surface area contributed by atoms with Gasteiger partial charge in [0.1, 0.15) is 6.61 Å². The van der Waals surface area contributed by atoms with E-state index in [1.165, 1.54) is 12.1 Å². The van der Waals surface area contributed by atoms with E-state index in [4.69, 9.17) is 22.2 Å². The minimum Gasteiger partial charge on any atom is -0.486 e. The zero-order valence-electron chi connectivity index (χ0n) is 10.4. The van der Waals surface area contributed by atoms with Gasteiger partial charge in [-0.15, -0.1) is 0 Å². The Kier molecular flexibility index (Phi) is 4.55. The zero-order valence-corrected chi connectivity index (χ0v) is 11.2. The molecule has 4 nitrogen and oxygen atoms in total. The van der Waals surface area contributed by atoms with Crippen LogP contribution >= 0.6 is 11.6 Å². The van der Waals surface area contributed by atoms with Crippen LogP contribution in [0.4, 0.5) is 4.39 Å². The molecule has 0 aliphatic carbocycles. The summed E-state index contributed by atoms with van der Waals surface area (Å²) in [7, 11) is 0. The van der Waals surface area contributed by atoms with Crippen LogP contribution in [-0.4, -0.2) is 5.91 Å². The molecule has 3 N–H and O–H groups in total. The molecule has 0 saturated carbocycles. The van der Waals surface area contributed by atoms with E-state index in [0.29, 0.717) is 11.1 Å². The van der Waals surface area contributed by atoms with Gasteiger partial charge in [-0.1, -0.05) is 29.8 Å². The van der Waals surface area contributed by atoms with E-state index in [0.717, 1.165) is 0 Å². The van der Waals surface area contributed by atoms with Crippen molar-refractivity contribution in [3.63, 3.8) is 0 Å². The molecule has 0 aliphatic rings. The highest BCUT2D eigenvalue weighted by Gasteiger charge is 2.08. The predicted molar refractivity (Wildman–Crippen MR) is 73.8 cm³/mol. The van der Waals surface area contributed by atoms with Crippen LogP contribution in [0.25, 0.3) is 0 Å². The largest absolute Gasteiger partial charge is 0.486 e.